The van der Waals surface area contributed by atoms with Crippen molar-refractivity contribution in [2.45, 2.75) is 31.5 Å². The number of nitrogens with zero attached hydrogens (tertiary/aromatic N) is 1. The fraction of sp³-hybridized carbons (Fsp3) is 0.500. The number of hydrogen-bond donors (Lipinski definition) is 2. The molecule has 21 heavy (non-hydrogen) atoms. The number of benzene rings is 1. The van der Waals surface area contributed by atoms with Crippen molar-refractivity contribution in [1.82, 2.24) is 4.90 Å². The van der Waals surface area contributed by atoms with Gasteiger partial charge in [-0.05, 0) is 31.9 Å². The molecule has 7 heteroatoms. The smallest absolute Gasteiger partial charge is 0.398 e. The van der Waals surface area contributed by atoms with Crippen LogP contribution in [0.1, 0.15) is 35.7 Å². The number of amides is 1. The molecular weight excluding hydrogens is 285 g/mol. The van der Waals surface area contributed by atoms with Crippen molar-refractivity contribution in [3.05, 3.63) is 29.3 Å². The van der Waals surface area contributed by atoms with E-state index < -0.39 is 28.9 Å². The molecule has 1 fully saturated rings. The molecule has 0 spiro atoms. The Morgan fingerprint density at radius 2 is 1.90 bits per heavy atom. The maximum absolute atomic E-state index is 12.8. The van der Waals surface area contributed by atoms with Gasteiger partial charge in [-0.3, -0.25) is 4.79 Å². The second-order valence-corrected chi connectivity index (χ2v) is 5.55. The third-order valence-corrected chi connectivity index (χ3v) is 3.77. The van der Waals surface area contributed by atoms with Crippen LogP contribution in [-0.2, 0) is 6.18 Å². The van der Waals surface area contributed by atoms with Crippen LogP contribution in [0.2, 0.25) is 0 Å². The fourth-order valence-corrected chi connectivity index (χ4v) is 2.36. The van der Waals surface area contributed by atoms with E-state index in [9.17, 15) is 23.1 Å². The maximum atomic E-state index is 12.8. The monoisotopic (exact) mass is 302 g/mol. The molecule has 116 valence electrons. The number of alkyl halides is 3. The van der Waals surface area contributed by atoms with Crippen molar-refractivity contribution in [3.8, 4) is 0 Å². The van der Waals surface area contributed by atoms with Crippen LogP contribution in [0.4, 0.5) is 18.9 Å². The first-order valence-corrected chi connectivity index (χ1v) is 6.59. The van der Waals surface area contributed by atoms with E-state index in [2.05, 4.69) is 0 Å². The Morgan fingerprint density at radius 3 is 2.43 bits per heavy atom. The summed E-state index contributed by atoms with van der Waals surface area (Å²) in [6.45, 7) is 2.26. The number of carbonyl (C=O) groups is 1. The molecule has 3 N–H and O–H groups in total. The van der Waals surface area contributed by atoms with E-state index in [-0.39, 0.29) is 5.56 Å². The van der Waals surface area contributed by atoms with Gasteiger partial charge in [0.15, 0.2) is 0 Å². The van der Waals surface area contributed by atoms with Crippen LogP contribution in [0.3, 0.4) is 0 Å². The summed E-state index contributed by atoms with van der Waals surface area (Å²) in [5.41, 5.74) is 2.98. The number of aliphatic hydroxyl groups is 1. The average Bonchev–Trinajstić information content (AvgIpc) is 2.37. The number of hydrogen-bond acceptors (Lipinski definition) is 3. The first-order valence-electron chi connectivity index (χ1n) is 6.59. The molecule has 2 rings (SSSR count). The highest BCUT2D eigenvalue weighted by Gasteiger charge is 2.36. The van der Waals surface area contributed by atoms with Gasteiger partial charge >= 0.3 is 6.18 Å². The largest absolute Gasteiger partial charge is 0.418 e. The van der Waals surface area contributed by atoms with Gasteiger partial charge in [-0.15, -0.1) is 0 Å². The number of piperidine rings is 1. The zero-order valence-corrected chi connectivity index (χ0v) is 11.6. The van der Waals surface area contributed by atoms with Crippen molar-refractivity contribution in [1.29, 1.82) is 0 Å². The number of halogens is 3. The van der Waals surface area contributed by atoms with Crippen LogP contribution in [0.15, 0.2) is 18.2 Å². The predicted molar refractivity (Wildman–Crippen MR) is 71.6 cm³/mol. The quantitative estimate of drug-likeness (QED) is 0.782. The molecule has 0 aromatic heterocycles. The number of rotatable bonds is 1. The van der Waals surface area contributed by atoms with Gasteiger partial charge in [-0.2, -0.15) is 13.2 Å². The second kappa shape index (κ2) is 5.22. The number of nitrogens with two attached hydrogens (primary N) is 1. The Kier molecular flexibility index (Phi) is 3.88. The van der Waals surface area contributed by atoms with Crippen molar-refractivity contribution in [2.75, 3.05) is 18.8 Å². The van der Waals surface area contributed by atoms with Gasteiger partial charge in [0.25, 0.3) is 5.91 Å². The van der Waals surface area contributed by atoms with Gasteiger partial charge in [0.05, 0.1) is 22.4 Å². The van der Waals surface area contributed by atoms with Crippen molar-refractivity contribution >= 4 is 11.6 Å². The molecule has 1 saturated heterocycles. The maximum Gasteiger partial charge on any atom is 0.418 e. The van der Waals surface area contributed by atoms with E-state index in [0.29, 0.717) is 25.9 Å². The Balaban J connectivity index is 2.25. The molecule has 1 aliphatic heterocycles. The van der Waals surface area contributed by atoms with Crippen molar-refractivity contribution in [2.24, 2.45) is 0 Å². The minimum atomic E-state index is -4.59. The minimum absolute atomic E-state index is 0.147. The standard InChI is InChI=1S/C14H17F3N2O2/c1-13(21)5-7-19(8-6-13)12(20)9-3-2-4-10(11(9)18)14(15,16)17/h2-4,21H,5-8,18H2,1H3. The molecule has 1 aromatic rings. The van der Waals surface area contributed by atoms with Gasteiger partial charge in [0.2, 0.25) is 0 Å². The van der Waals surface area contributed by atoms with Crippen LogP contribution in [0, 0.1) is 0 Å². The fourth-order valence-electron chi connectivity index (χ4n) is 2.36. The van der Waals surface area contributed by atoms with E-state index in [0.717, 1.165) is 6.07 Å². The topological polar surface area (TPSA) is 66.6 Å². The van der Waals surface area contributed by atoms with Crippen LogP contribution < -0.4 is 5.73 Å². The summed E-state index contributed by atoms with van der Waals surface area (Å²) in [5, 5.41) is 9.84. The zero-order valence-electron chi connectivity index (χ0n) is 11.6. The number of carbonyl (C=O) groups excluding carboxylic acids is 1. The van der Waals surface area contributed by atoms with E-state index in [1.54, 1.807) is 6.92 Å². The van der Waals surface area contributed by atoms with Gasteiger partial charge in [-0.1, -0.05) is 6.07 Å². The van der Waals surface area contributed by atoms with E-state index >= 15 is 0 Å². The molecule has 1 aromatic carbocycles. The SMILES string of the molecule is CC1(O)CCN(C(=O)c2cccc(C(F)(F)F)c2N)CC1. The van der Waals surface area contributed by atoms with E-state index in [4.69, 9.17) is 5.73 Å². The highest BCUT2D eigenvalue weighted by molar-refractivity contribution is 5.99. The number of para-hydroxylation sites is 1. The Labute approximate surface area is 120 Å². The third kappa shape index (κ3) is 3.29. The van der Waals surface area contributed by atoms with Gasteiger partial charge in [0.1, 0.15) is 0 Å². The summed E-state index contributed by atoms with van der Waals surface area (Å²) >= 11 is 0. The third-order valence-electron chi connectivity index (χ3n) is 3.77. The number of anilines is 1. The summed E-state index contributed by atoms with van der Waals surface area (Å²) in [4.78, 5) is 13.7. The Bertz CT molecular complexity index is 546. The lowest BCUT2D eigenvalue weighted by Crippen LogP contribution is -2.45. The molecule has 1 heterocycles. The van der Waals surface area contributed by atoms with Gasteiger partial charge < -0.3 is 15.7 Å². The first kappa shape index (κ1) is 15.6. The second-order valence-electron chi connectivity index (χ2n) is 5.55. The van der Waals surface area contributed by atoms with Gasteiger partial charge in [0, 0.05) is 13.1 Å². The highest BCUT2D eigenvalue weighted by atomic mass is 19.4. The molecule has 0 aliphatic carbocycles. The van der Waals surface area contributed by atoms with Crippen LogP contribution in [-0.4, -0.2) is 34.6 Å². The van der Waals surface area contributed by atoms with E-state index in [1.165, 1.54) is 17.0 Å². The van der Waals surface area contributed by atoms with Crippen LogP contribution >= 0.6 is 0 Å². The molecule has 0 unspecified atom stereocenters. The number of likely N-dealkylation sites (tertiary alicyclic amines) is 1. The zero-order chi connectivity index (χ0) is 15.8. The molecule has 0 bridgehead atoms. The molecule has 0 saturated carbocycles. The van der Waals surface area contributed by atoms with Crippen molar-refractivity contribution in [3.63, 3.8) is 0 Å². The summed E-state index contributed by atoms with van der Waals surface area (Å²) in [6.07, 6.45) is -3.82. The lowest BCUT2D eigenvalue weighted by atomic mass is 9.93. The summed E-state index contributed by atoms with van der Waals surface area (Å²) in [6, 6.07) is 3.32. The Morgan fingerprint density at radius 1 is 1.33 bits per heavy atom. The number of nitrogen functional groups attached to an aromatic ring is 1. The van der Waals surface area contributed by atoms with Gasteiger partial charge in [-0.25, -0.2) is 0 Å². The normalized spacial score (nSPS) is 18.6. The molecule has 1 amide bonds. The molecule has 4 nitrogen and oxygen atoms in total. The summed E-state index contributed by atoms with van der Waals surface area (Å²) < 4.78 is 38.4. The lowest BCUT2D eigenvalue weighted by Gasteiger charge is -2.36. The van der Waals surface area contributed by atoms with Crippen LogP contribution in [0.5, 0.6) is 0 Å². The summed E-state index contributed by atoms with van der Waals surface area (Å²) in [7, 11) is 0. The van der Waals surface area contributed by atoms with Crippen LogP contribution in [0.25, 0.3) is 0 Å². The first-order chi connectivity index (χ1) is 9.62. The lowest BCUT2D eigenvalue weighted by molar-refractivity contribution is -0.136. The molecule has 1 aliphatic rings. The molecular formula is C14H17F3N2O2. The van der Waals surface area contributed by atoms with Crippen molar-refractivity contribution < 1.29 is 23.1 Å². The predicted octanol–water partition coefficient (Wildman–Crippen LogP) is 2.27. The summed E-state index contributed by atoms with van der Waals surface area (Å²) in [5.74, 6) is -0.533. The highest BCUT2D eigenvalue weighted by Crippen LogP contribution is 2.35. The average molecular weight is 302 g/mol. The van der Waals surface area contributed by atoms with E-state index in [1.807, 2.05) is 0 Å². The molecule has 0 radical (unpaired) electrons. The minimum Gasteiger partial charge on any atom is -0.398 e. The molecule has 0 atom stereocenters. The Hall–Kier alpha value is -1.76.